The molecule has 0 spiro atoms. The molecular weight excluding hydrogens is 414 g/mol. The maximum atomic E-state index is 13.2. The van der Waals surface area contributed by atoms with Crippen LogP contribution in [0.1, 0.15) is 65.6 Å². The van der Waals surface area contributed by atoms with Crippen LogP contribution in [0.5, 0.6) is 5.75 Å². The highest BCUT2D eigenvalue weighted by molar-refractivity contribution is 5.96. The van der Waals surface area contributed by atoms with Gasteiger partial charge in [-0.3, -0.25) is 14.5 Å². The fraction of sp³-hybridized carbons (Fsp3) is 0.625. The summed E-state index contributed by atoms with van der Waals surface area (Å²) in [5.74, 6) is -2.33. The average molecular weight is 450 g/mol. The summed E-state index contributed by atoms with van der Waals surface area (Å²) in [6, 6.07) is 4.48. The van der Waals surface area contributed by atoms with Crippen LogP contribution in [-0.2, 0) is 30.2 Å². The molecule has 1 aliphatic heterocycles. The van der Waals surface area contributed by atoms with Gasteiger partial charge in [-0.15, -0.1) is 0 Å². The highest BCUT2D eigenvalue weighted by Gasteiger charge is 2.47. The van der Waals surface area contributed by atoms with E-state index >= 15 is 0 Å². The largest absolute Gasteiger partial charge is 0.497 e. The Morgan fingerprint density at radius 1 is 1.00 bits per heavy atom. The van der Waals surface area contributed by atoms with E-state index in [0.717, 1.165) is 5.56 Å². The summed E-state index contributed by atoms with van der Waals surface area (Å²) >= 11 is 0. The van der Waals surface area contributed by atoms with Gasteiger partial charge in [-0.2, -0.15) is 0 Å². The number of methoxy groups -OCH3 is 1. The van der Waals surface area contributed by atoms with Crippen molar-refractivity contribution in [1.29, 1.82) is 0 Å². The van der Waals surface area contributed by atoms with Gasteiger partial charge in [0.25, 0.3) is 0 Å². The Labute approximate surface area is 190 Å². The van der Waals surface area contributed by atoms with E-state index in [1.165, 1.54) is 12.0 Å². The van der Waals surface area contributed by atoms with Crippen LogP contribution in [-0.4, -0.2) is 54.4 Å². The first kappa shape index (κ1) is 25.5. The zero-order valence-electron chi connectivity index (χ0n) is 20.3. The highest BCUT2D eigenvalue weighted by Crippen LogP contribution is 2.39. The Hall–Kier alpha value is -2.77. The standard InChI is InChI=1S/C24H35NO7/c1-14(2)30-21(26)19(22(27)31-15(3)4)20-18-13-17(29-8)10-9-16(18)11-12-25(20)23(28)32-24(5,6)7/h9-10,13-15,19-20H,11-12H2,1-8H3. The van der Waals surface area contributed by atoms with Gasteiger partial charge in [0.15, 0.2) is 5.92 Å². The van der Waals surface area contributed by atoms with Crippen LogP contribution in [0.25, 0.3) is 0 Å². The molecule has 0 N–H and O–H groups in total. The lowest BCUT2D eigenvalue weighted by Crippen LogP contribution is -2.50. The smallest absolute Gasteiger partial charge is 0.410 e. The van der Waals surface area contributed by atoms with Gasteiger partial charge in [0.2, 0.25) is 0 Å². The van der Waals surface area contributed by atoms with Crippen molar-refractivity contribution in [2.45, 2.75) is 78.7 Å². The highest BCUT2D eigenvalue weighted by atomic mass is 16.6. The van der Waals surface area contributed by atoms with Crippen LogP contribution in [0.4, 0.5) is 4.79 Å². The van der Waals surface area contributed by atoms with E-state index in [1.54, 1.807) is 54.5 Å². The number of rotatable bonds is 6. The van der Waals surface area contributed by atoms with Crippen LogP contribution in [0.3, 0.4) is 0 Å². The second kappa shape index (κ2) is 10.2. The Bertz CT molecular complexity index is 819. The van der Waals surface area contributed by atoms with E-state index in [9.17, 15) is 14.4 Å². The van der Waals surface area contributed by atoms with Crippen molar-refractivity contribution in [2.75, 3.05) is 13.7 Å². The van der Waals surface area contributed by atoms with Crippen molar-refractivity contribution in [3.63, 3.8) is 0 Å². The SMILES string of the molecule is COc1ccc2c(c1)C(C(C(=O)OC(C)C)C(=O)OC(C)C)N(C(=O)OC(C)(C)C)CC2. The lowest BCUT2D eigenvalue weighted by atomic mass is 9.84. The Morgan fingerprint density at radius 3 is 2.03 bits per heavy atom. The number of fused-ring (bicyclic) bond motifs is 1. The molecule has 0 aromatic heterocycles. The van der Waals surface area contributed by atoms with E-state index in [1.807, 2.05) is 12.1 Å². The van der Waals surface area contributed by atoms with Crippen LogP contribution in [0.15, 0.2) is 18.2 Å². The molecule has 0 bridgehead atoms. The molecule has 0 saturated heterocycles. The van der Waals surface area contributed by atoms with Gasteiger partial charge in [0.1, 0.15) is 11.4 Å². The van der Waals surface area contributed by atoms with Crippen molar-refractivity contribution >= 4 is 18.0 Å². The maximum Gasteiger partial charge on any atom is 0.410 e. The van der Waals surface area contributed by atoms with Gasteiger partial charge in [-0.1, -0.05) is 6.07 Å². The average Bonchev–Trinajstić information content (AvgIpc) is 2.65. The first-order chi connectivity index (χ1) is 14.8. The molecule has 1 amide bonds. The fourth-order valence-corrected chi connectivity index (χ4v) is 3.60. The summed E-state index contributed by atoms with van der Waals surface area (Å²) < 4.78 is 21.8. The summed E-state index contributed by atoms with van der Waals surface area (Å²) in [5.41, 5.74) is 0.797. The van der Waals surface area contributed by atoms with E-state index in [0.29, 0.717) is 17.7 Å². The summed E-state index contributed by atoms with van der Waals surface area (Å²) in [4.78, 5) is 40.9. The molecule has 1 unspecified atom stereocenters. The van der Waals surface area contributed by atoms with Gasteiger partial charge in [0, 0.05) is 6.54 Å². The molecule has 1 aromatic rings. The Morgan fingerprint density at radius 2 is 1.56 bits per heavy atom. The minimum Gasteiger partial charge on any atom is -0.497 e. The number of carbonyl (C=O) groups excluding carboxylic acids is 3. The molecule has 8 nitrogen and oxygen atoms in total. The summed E-state index contributed by atoms with van der Waals surface area (Å²) in [7, 11) is 1.53. The zero-order valence-corrected chi connectivity index (χ0v) is 20.3. The van der Waals surface area contributed by atoms with Crippen molar-refractivity contribution in [2.24, 2.45) is 5.92 Å². The first-order valence-electron chi connectivity index (χ1n) is 10.9. The Balaban J connectivity index is 2.64. The third-order valence-corrected chi connectivity index (χ3v) is 4.78. The molecule has 0 radical (unpaired) electrons. The Kier molecular flexibility index (Phi) is 8.15. The molecule has 1 aromatic carbocycles. The van der Waals surface area contributed by atoms with Gasteiger partial charge in [-0.05, 0) is 78.1 Å². The first-order valence-corrected chi connectivity index (χ1v) is 10.9. The van der Waals surface area contributed by atoms with Crippen LogP contribution >= 0.6 is 0 Å². The van der Waals surface area contributed by atoms with Gasteiger partial charge < -0.3 is 18.9 Å². The number of hydrogen-bond donors (Lipinski definition) is 0. The second-order valence-electron chi connectivity index (χ2n) is 9.38. The van der Waals surface area contributed by atoms with E-state index in [2.05, 4.69) is 0 Å². The number of benzene rings is 1. The molecule has 1 atom stereocenters. The normalized spacial score (nSPS) is 16.1. The monoisotopic (exact) mass is 449 g/mol. The van der Waals surface area contributed by atoms with Crippen molar-refractivity contribution < 1.29 is 33.3 Å². The minimum atomic E-state index is -1.38. The third kappa shape index (κ3) is 6.37. The van der Waals surface area contributed by atoms with Gasteiger partial charge in [-0.25, -0.2) is 4.79 Å². The molecule has 0 aliphatic carbocycles. The fourth-order valence-electron chi connectivity index (χ4n) is 3.60. The number of carbonyl (C=O) groups is 3. The van der Waals surface area contributed by atoms with Crippen molar-refractivity contribution in [1.82, 2.24) is 4.90 Å². The second-order valence-corrected chi connectivity index (χ2v) is 9.38. The molecule has 0 saturated carbocycles. The lowest BCUT2D eigenvalue weighted by Gasteiger charge is -2.40. The van der Waals surface area contributed by atoms with E-state index in [-0.39, 0.29) is 6.54 Å². The molecule has 32 heavy (non-hydrogen) atoms. The van der Waals surface area contributed by atoms with Crippen molar-refractivity contribution in [3.05, 3.63) is 29.3 Å². The number of hydrogen-bond acceptors (Lipinski definition) is 7. The maximum absolute atomic E-state index is 13.2. The van der Waals surface area contributed by atoms with E-state index < -0.39 is 47.8 Å². The predicted octanol–water partition coefficient (Wildman–Crippen LogP) is 4.05. The van der Waals surface area contributed by atoms with E-state index in [4.69, 9.17) is 18.9 Å². The van der Waals surface area contributed by atoms with Gasteiger partial charge in [0.05, 0.1) is 25.4 Å². The minimum absolute atomic E-state index is 0.277. The number of ether oxygens (including phenoxy) is 4. The van der Waals surface area contributed by atoms with Crippen LogP contribution in [0, 0.1) is 5.92 Å². The lowest BCUT2D eigenvalue weighted by molar-refractivity contribution is -0.170. The molecule has 178 valence electrons. The molecule has 1 aliphatic rings. The molecule has 0 fully saturated rings. The quantitative estimate of drug-likeness (QED) is 0.368. The third-order valence-electron chi connectivity index (χ3n) is 4.78. The summed E-state index contributed by atoms with van der Waals surface area (Å²) in [6.45, 7) is 12.4. The van der Waals surface area contributed by atoms with Crippen molar-refractivity contribution in [3.8, 4) is 5.75 Å². The summed E-state index contributed by atoms with van der Waals surface area (Å²) in [5, 5.41) is 0. The number of nitrogens with zero attached hydrogens (tertiary/aromatic N) is 1. The molecule has 2 rings (SSSR count). The zero-order chi connectivity index (χ0) is 24.2. The number of amides is 1. The van der Waals surface area contributed by atoms with Gasteiger partial charge >= 0.3 is 18.0 Å². The number of esters is 2. The molecule has 1 heterocycles. The topological polar surface area (TPSA) is 91.4 Å². The summed E-state index contributed by atoms with van der Waals surface area (Å²) in [6.07, 6.45) is -0.962. The van der Waals surface area contributed by atoms with Crippen LogP contribution in [0.2, 0.25) is 0 Å². The van der Waals surface area contributed by atoms with Crippen LogP contribution < -0.4 is 4.74 Å². The predicted molar refractivity (Wildman–Crippen MR) is 118 cm³/mol. The molecular formula is C24H35NO7. The molecule has 8 heteroatoms.